The monoisotopic (exact) mass is 320 g/mol. The Morgan fingerprint density at radius 1 is 0.636 bits per heavy atom. The van der Waals surface area contributed by atoms with Gasteiger partial charge in [-0.25, -0.2) is 9.59 Å². The Morgan fingerprint density at radius 3 is 1.23 bits per heavy atom. The molecule has 0 saturated carbocycles. The highest BCUT2D eigenvalue weighted by Crippen LogP contribution is 2.05. The van der Waals surface area contributed by atoms with Gasteiger partial charge < -0.3 is 9.78 Å². The molecule has 0 aliphatic heterocycles. The zero-order valence-corrected chi connectivity index (χ0v) is 14.0. The van der Waals surface area contributed by atoms with Gasteiger partial charge in [0.25, 0.3) is 0 Å². The van der Waals surface area contributed by atoms with Crippen molar-refractivity contribution in [1.29, 1.82) is 0 Å². The van der Waals surface area contributed by atoms with E-state index in [1.165, 1.54) is 25.7 Å². The smallest absolute Gasteiger partial charge is 0.301 e. The second-order valence-corrected chi connectivity index (χ2v) is 5.26. The van der Waals surface area contributed by atoms with Crippen molar-refractivity contribution in [3.63, 3.8) is 0 Å². The fourth-order valence-electron chi connectivity index (χ4n) is 1.84. The minimum absolute atomic E-state index is 0.334. The molecule has 6 nitrogen and oxygen atoms in total. The summed E-state index contributed by atoms with van der Waals surface area (Å²) in [4.78, 5) is 27.8. The molecule has 6 heteroatoms. The molecule has 0 aliphatic rings. The Labute approximate surface area is 133 Å². The first kappa shape index (κ1) is 23.1. The lowest BCUT2D eigenvalue weighted by atomic mass is 10.1. The lowest BCUT2D eigenvalue weighted by Gasteiger charge is -1.96. The second-order valence-electron chi connectivity index (χ2n) is 5.26. The van der Waals surface area contributed by atoms with Gasteiger partial charge in [-0.1, -0.05) is 65.2 Å². The highest BCUT2D eigenvalue weighted by Gasteiger charge is 2.00. The molecule has 22 heavy (non-hydrogen) atoms. The van der Waals surface area contributed by atoms with Gasteiger partial charge in [0, 0.05) is 12.8 Å². The standard InChI is InChI=1S/2C8H16O3/c2*1-2-3-4-5-6-7-8(9)11-10/h2*10H,2-7H2,1H3. The average Bonchev–Trinajstić information content (AvgIpc) is 2.54. The fourth-order valence-corrected chi connectivity index (χ4v) is 1.84. The maximum atomic E-state index is 10.4. The summed E-state index contributed by atoms with van der Waals surface area (Å²) >= 11 is 0. The van der Waals surface area contributed by atoms with Crippen LogP contribution in [0, 0.1) is 0 Å². The van der Waals surface area contributed by atoms with Crippen molar-refractivity contribution < 1.29 is 29.9 Å². The summed E-state index contributed by atoms with van der Waals surface area (Å²) in [5, 5.41) is 15.8. The van der Waals surface area contributed by atoms with Crippen LogP contribution in [0.25, 0.3) is 0 Å². The molecule has 0 rings (SSSR count). The third-order valence-electron chi connectivity index (χ3n) is 3.17. The highest BCUT2D eigenvalue weighted by molar-refractivity contribution is 5.68. The van der Waals surface area contributed by atoms with Gasteiger partial charge in [0.05, 0.1) is 0 Å². The third-order valence-corrected chi connectivity index (χ3v) is 3.17. The summed E-state index contributed by atoms with van der Waals surface area (Å²) < 4.78 is 0. The first-order valence-corrected chi connectivity index (χ1v) is 8.30. The molecule has 2 N–H and O–H groups in total. The minimum atomic E-state index is -0.526. The van der Waals surface area contributed by atoms with Crippen LogP contribution in [0.1, 0.15) is 90.9 Å². The molecule has 0 aliphatic carbocycles. The molecule has 132 valence electrons. The van der Waals surface area contributed by atoms with E-state index in [1.54, 1.807) is 0 Å². The molecule has 0 spiro atoms. The Morgan fingerprint density at radius 2 is 0.955 bits per heavy atom. The molecule has 0 aromatic rings. The summed E-state index contributed by atoms with van der Waals surface area (Å²) in [7, 11) is 0. The van der Waals surface area contributed by atoms with Crippen molar-refractivity contribution in [2.75, 3.05) is 0 Å². The zero-order chi connectivity index (χ0) is 17.1. The van der Waals surface area contributed by atoms with Crippen LogP contribution in [0.3, 0.4) is 0 Å². The van der Waals surface area contributed by atoms with Crippen molar-refractivity contribution in [3.05, 3.63) is 0 Å². The molecule has 0 aromatic heterocycles. The Hall–Kier alpha value is -1.14. The molecule has 0 atom stereocenters. The summed E-state index contributed by atoms with van der Waals surface area (Å²) in [6.07, 6.45) is 11.5. The van der Waals surface area contributed by atoms with Crippen molar-refractivity contribution in [3.8, 4) is 0 Å². The largest absolute Gasteiger partial charge is 0.342 e. The van der Waals surface area contributed by atoms with E-state index in [2.05, 4.69) is 23.6 Å². The minimum Gasteiger partial charge on any atom is -0.301 e. The number of unbranched alkanes of at least 4 members (excludes halogenated alkanes) is 8. The highest BCUT2D eigenvalue weighted by atomic mass is 17.1. The van der Waals surface area contributed by atoms with Crippen molar-refractivity contribution in [2.45, 2.75) is 90.9 Å². The van der Waals surface area contributed by atoms with Crippen LogP contribution >= 0.6 is 0 Å². The lowest BCUT2D eigenvalue weighted by molar-refractivity contribution is -0.234. The van der Waals surface area contributed by atoms with Crippen molar-refractivity contribution in [2.24, 2.45) is 0 Å². The predicted octanol–water partition coefficient (Wildman–Crippen LogP) is 4.73. The molecule has 0 amide bonds. The lowest BCUT2D eigenvalue weighted by Crippen LogP contribution is -1.99. The quantitative estimate of drug-likeness (QED) is 0.307. The first-order chi connectivity index (χ1) is 10.6. The van der Waals surface area contributed by atoms with Gasteiger partial charge in [-0.05, 0) is 12.8 Å². The van der Waals surface area contributed by atoms with Crippen molar-refractivity contribution in [1.82, 2.24) is 0 Å². The molecule has 0 radical (unpaired) electrons. The van der Waals surface area contributed by atoms with Crippen LogP contribution in [-0.4, -0.2) is 22.5 Å². The van der Waals surface area contributed by atoms with E-state index < -0.39 is 11.9 Å². The van der Waals surface area contributed by atoms with Crippen LogP contribution in [0.15, 0.2) is 0 Å². The van der Waals surface area contributed by atoms with Gasteiger partial charge in [0.1, 0.15) is 0 Å². The molecule has 0 heterocycles. The maximum absolute atomic E-state index is 10.4. The number of hydrogen-bond acceptors (Lipinski definition) is 6. The SMILES string of the molecule is CCCCCCCC(=O)OO.CCCCCCCC(=O)OO. The number of carbonyl (C=O) groups excluding carboxylic acids is 2. The van der Waals surface area contributed by atoms with Crippen molar-refractivity contribution >= 4 is 11.9 Å². The molecular formula is C16H32O6. The molecule has 0 aromatic carbocycles. The van der Waals surface area contributed by atoms with Crippen LogP contribution in [0.5, 0.6) is 0 Å². The summed E-state index contributed by atoms with van der Waals surface area (Å²) in [6, 6.07) is 0. The summed E-state index contributed by atoms with van der Waals surface area (Å²) in [6.45, 7) is 4.28. The van der Waals surface area contributed by atoms with E-state index in [0.29, 0.717) is 12.8 Å². The van der Waals surface area contributed by atoms with Gasteiger partial charge in [-0.3, -0.25) is 0 Å². The number of carbonyl (C=O) groups is 2. The van der Waals surface area contributed by atoms with Gasteiger partial charge in [-0.2, -0.15) is 10.5 Å². The van der Waals surface area contributed by atoms with E-state index >= 15 is 0 Å². The summed E-state index contributed by atoms with van der Waals surface area (Å²) in [5.74, 6) is -1.05. The fraction of sp³-hybridized carbons (Fsp3) is 0.875. The molecule has 0 saturated heterocycles. The number of hydrogen-bond donors (Lipinski definition) is 2. The Bertz CT molecular complexity index is 229. The first-order valence-electron chi connectivity index (χ1n) is 8.30. The molecule has 0 fully saturated rings. The molecule has 0 unspecified atom stereocenters. The van der Waals surface area contributed by atoms with Crippen LogP contribution in [-0.2, 0) is 19.4 Å². The van der Waals surface area contributed by atoms with Crippen LogP contribution < -0.4 is 0 Å². The Balaban J connectivity index is 0. The van der Waals surface area contributed by atoms with E-state index in [0.717, 1.165) is 38.5 Å². The van der Waals surface area contributed by atoms with Crippen LogP contribution in [0.2, 0.25) is 0 Å². The topological polar surface area (TPSA) is 93.1 Å². The maximum Gasteiger partial charge on any atom is 0.342 e. The van der Waals surface area contributed by atoms with E-state index in [-0.39, 0.29) is 0 Å². The molecular weight excluding hydrogens is 288 g/mol. The predicted molar refractivity (Wildman–Crippen MR) is 84.2 cm³/mol. The van der Waals surface area contributed by atoms with Gasteiger partial charge in [0.2, 0.25) is 0 Å². The third kappa shape index (κ3) is 21.2. The summed E-state index contributed by atoms with van der Waals surface area (Å²) in [5.41, 5.74) is 0. The van der Waals surface area contributed by atoms with Gasteiger partial charge in [-0.15, -0.1) is 0 Å². The van der Waals surface area contributed by atoms with E-state index in [9.17, 15) is 9.59 Å². The Kier molecular flexibility index (Phi) is 20.9. The zero-order valence-electron chi connectivity index (χ0n) is 14.0. The molecule has 0 bridgehead atoms. The van der Waals surface area contributed by atoms with E-state index in [1.807, 2.05) is 0 Å². The average molecular weight is 320 g/mol. The van der Waals surface area contributed by atoms with Gasteiger partial charge in [0.15, 0.2) is 0 Å². The number of rotatable bonds is 12. The van der Waals surface area contributed by atoms with Gasteiger partial charge >= 0.3 is 11.9 Å². The van der Waals surface area contributed by atoms with E-state index in [4.69, 9.17) is 10.5 Å². The second kappa shape index (κ2) is 19.9. The normalized spacial score (nSPS) is 9.64. The van der Waals surface area contributed by atoms with Crippen LogP contribution in [0.4, 0.5) is 0 Å².